The van der Waals surface area contributed by atoms with Crippen LogP contribution >= 0.6 is 0 Å². The zero-order chi connectivity index (χ0) is 22.4. The van der Waals surface area contributed by atoms with Gasteiger partial charge in [0, 0.05) is 5.92 Å². The molecule has 0 spiro atoms. The molecule has 4 aliphatic rings. The van der Waals surface area contributed by atoms with Gasteiger partial charge in [-0.3, -0.25) is 0 Å². The lowest BCUT2D eigenvalue weighted by molar-refractivity contribution is 1.04. The third-order valence-electron chi connectivity index (χ3n) is 8.26. The van der Waals surface area contributed by atoms with Gasteiger partial charge in [0.2, 0.25) is 0 Å². The SMILES string of the molecule is Cc1ccc2c3c(cccc13)-c1c-2c(C2=CC=CCC2)c2c3c1-c1ccccc1C3C=CC=C2. The lowest BCUT2D eigenvalue weighted by Crippen LogP contribution is -2.03. The predicted molar refractivity (Wildman–Crippen MR) is 145 cm³/mol. The molecule has 0 radical (unpaired) electrons. The molecule has 4 aromatic carbocycles. The van der Waals surface area contributed by atoms with Crippen LogP contribution in [-0.4, -0.2) is 0 Å². The molecule has 0 saturated heterocycles. The van der Waals surface area contributed by atoms with Gasteiger partial charge in [-0.1, -0.05) is 97.1 Å². The van der Waals surface area contributed by atoms with E-state index in [1.54, 1.807) is 0 Å². The Morgan fingerprint density at radius 2 is 1.59 bits per heavy atom. The summed E-state index contributed by atoms with van der Waals surface area (Å²) in [5.41, 5.74) is 17.2. The first-order valence-corrected chi connectivity index (χ1v) is 12.4. The second-order valence-corrected chi connectivity index (χ2v) is 9.95. The Morgan fingerprint density at radius 1 is 0.735 bits per heavy atom. The van der Waals surface area contributed by atoms with Crippen molar-refractivity contribution in [2.24, 2.45) is 0 Å². The first kappa shape index (κ1) is 18.5. The average molecular weight is 433 g/mol. The summed E-state index contributed by atoms with van der Waals surface area (Å²) in [5.74, 6) is 0.310. The highest BCUT2D eigenvalue weighted by Gasteiger charge is 2.39. The summed E-state index contributed by atoms with van der Waals surface area (Å²) in [7, 11) is 0. The Hall–Kier alpha value is -3.90. The largest absolute Gasteiger partial charge is 0.0842 e. The Morgan fingerprint density at radius 3 is 2.50 bits per heavy atom. The molecule has 4 aliphatic carbocycles. The first-order valence-electron chi connectivity index (χ1n) is 12.4. The second-order valence-electron chi connectivity index (χ2n) is 9.95. The van der Waals surface area contributed by atoms with Crippen LogP contribution in [0.15, 0.2) is 91.1 Å². The molecule has 0 heterocycles. The molecule has 34 heavy (non-hydrogen) atoms. The minimum Gasteiger partial charge on any atom is -0.0842 e. The predicted octanol–water partition coefficient (Wildman–Crippen LogP) is 9.22. The quantitative estimate of drug-likeness (QED) is 0.248. The monoisotopic (exact) mass is 432 g/mol. The lowest BCUT2D eigenvalue weighted by atomic mass is 9.79. The van der Waals surface area contributed by atoms with E-state index in [1.807, 2.05) is 0 Å². The van der Waals surface area contributed by atoms with Crippen LogP contribution in [0.25, 0.3) is 55.8 Å². The molecule has 160 valence electrons. The molecule has 0 fully saturated rings. The van der Waals surface area contributed by atoms with Crippen molar-refractivity contribution in [3.8, 4) is 33.4 Å². The summed E-state index contributed by atoms with van der Waals surface area (Å²) >= 11 is 0. The van der Waals surface area contributed by atoms with E-state index in [-0.39, 0.29) is 0 Å². The standard InChI is InChI=1S/C34H24/c1-20-18-19-28-30-22(20)16-9-17-27(30)34-32-25-14-6-5-12-23(25)24-13-7-8-15-26(31(24)32)29(33(28)34)21-10-3-2-4-11-21/h2-3,5-10,12-19,24H,4,11H2,1H3. The molecule has 0 aromatic heterocycles. The molecule has 0 saturated carbocycles. The summed E-state index contributed by atoms with van der Waals surface area (Å²) in [6, 6.07) is 20.7. The van der Waals surface area contributed by atoms with Gasteiger partial charge >= 0.3 is 0 Å². The fraction of sp³-hybridized carbons (Fsp3) is 0.118. The molecule has 0 amide bonds. The van der Waals surface area contributed by atoms with Gasteiger partial charge in [-0.15, -0.1) is 0 Å². The van der Waals surface area contributed by atoms with E-state index in [9.17, 15) is 0 Å². The zero-order valence-electron chi connectivity index (χ0n) is 19.2. The summed E-state index contributed by atoms with van der Waals surface area (Å²) in [5, 5.41) is 2.82. The third kappa shape index (κ3) is 2.19. The van der Waals surface area contributed by atoms with Crippen molar-refractivity contribution in [1.29, 1.82) is 0 Å². The van der Waals surface area contributed by atoms with Crippen molar-refractivity contribution in [2.45, 2.75) is 25.7 Å². The fourth-order valence-corrected chi connectivity index (χ4v) is 6.90. The molecule has 0 bridgehead atoms. The van der Waals surface area contributed by atoms with Gasteiger partial charge in [0.15, 0.2) is 0 Å². The Kier molecular flexibility index (Phi) is 3.58. The highest BCUT2D eigenvalue weighted by Crippen LogP contribution is 2.61. The zero-order valence-corrected chi connectivity index (χ0v) is 19.2. The molecule has 0 aliphatic heterocycles. The first-order chi connectivity index (χ1) is 16.8. The van der Waals surface area contributed by atoms with E-state index >= 15 is 0 Å². The van der Waals surface area contributed by atoms with E-state index in [0.717, 1.165) is 12.8 Å². The van der Waals surface area contributed by atoms with Crippen molar-refractivity contribution in [3.05, 3.63) is 119 Å². The number of rotatable bonds is 1. The summed E-state index contributed by atoms with van der Waals surface area (Å²) in [4.78, 5) is 0. The maximum absolute atomic E-state index is 2.40. The highest BCUT2D eigenvalue weighted by atomic mass is 14.4. The number of fused-ring (bicyclic) bond motifs is 7. The molecule has 4 aromatic rings. The fourth-order valence-electron chi connectivity index (χ4n) is 6.90. The molecule has 1 unspecified atom stereocenters. The average Bonchev–Trinajstić information content (AvgIpc) is 3.28. The van der Waals surface area contributed by atoms with Gasteiger partial charge in [0.05, 0.1) is 0 Å². The Labute approximate surface area is 200 Å². The second kappa shape index (κ2) is 6.58. The maximum Gasteiger partial charge on any atom is 0.0291 e. The maximum atomic E-state index is 2.40. The number of hydrogen-bond acceptors (Lipinski definition) is 0. The summed E-state index contributed by atoms with van der Waals surface area (Å²) in [6.45, 7) is 2.24. The minimum atomic E-state index is 0.310. The van der Waals surface area contributed by atoms with Crippen LogP contribution < -0.4 is 0 Å². The van der Waals surface area contributed by atoms with Crippen molar-refractivity contribution in [2.75, 3.05) is 0 Å². The van der Waals surface area contributed by atoms with Crippen molar-refractivity contribution < 1.29 is 0 Å². The van der Waals surface area contributed by atoms with E-state index in [1.165, 1.54) is 77.5 Å². The van der Waals surface area contributed by atoms with E-state index in [0.29, 0.717) is 5.92 Å². The molecular weight excluding hydrogens is 408 g/mol. The van der Waals surface area contributed by atoms with Crippen LogP contribution in [0, 0.1) is 6.92 Å². The van der Waals surface area contributed by atoms with Gasteiger partial charge in [-0.25, -0.2) is 0 Å². The normalized spacial score (nSPS) is 18.0. The lowest BCUT2D eigenvalue weighted by Gasteiger charge is -2.24. The molecule has 0 nitrogen and oxygen atoms in total. The minimum absolute atomic E-state index is 0.310. The van der Waals surface area contributed by atoms with Crippen molar-refractivity contribution in [1.82, 2.24) is 0 Å². The van der Waals surface area contributed by atoms with Gasteiger partial charge in [-0.05, 0) is 97.3 Å². The summed E-state index contributed by atoms with van der Waals surface area (Å²) < 4.78 is 0. The third-order valence-corrected chi connectivity index (χ3v) is 8.26. The molecule has 0 N–H and O–H groups in total. The number of hydrogen-bond donors (Lipinski definition) is 0. The smallest absolute Gasteiger partial charge is 0.0291 e. The number of aryl methyl sites for hydroxylation is 1. The molecule has 0 heteroatoms. The topological polar surface area (TPSA) is 0 Å². The van der Waals surface area contributed by atoms with Gasteiger partial charge < -0.3 is 0 Å². The molecule has 8 rings (SSSR count). The van der Waals surface area contributed by atoms with Crippen LogP contribution in [0.5, 0.6) is 0 Å². The number of allylic oxidation sites excluding steroid dienone is 7. The Balaban J connectivity index is 1.63. The van der Waals surface area contributed by atoms with Crippen LogP contribution in [-0.2, 0) is 0 Å². The van der Waals surface area contributed by atoms with Crippen molar-refractivity contribution >= 4 is 22.4 Å². The van der Waals surface area contributed by atoms with E-state index in [4.69, 9.17) is 0 Å². The van der Waals surface area contributed by atoms with Crippen LogP contribution in [0.3, 0.4) is 0 Å². The highest BCUT2D eigenvalue weighted by molar-refractivity contribution is 6.22. The van der Waals surface area contributed by atoms with E-state index in [2.05, 4.69) is 104 Å². The van der Waals surface area contributed by atoms with Gasteiger partial charge in [0.1, 0.15) is 0 Å². The van der Waals surface area contributed by atoms with Crippen LogP contribution in [0.1, 0.15) is 46.6 Å². The van der Waals surface area contributed by atoms with Crippen molar-refractivity contribution in [3.63, 3.8) is 0 Å². The molecule has 1 atom stereocenters. The summed E-state index contributed by atoms with van der Waals surface area (Å²) in [6.07, 6.45) is 18.4. The number of benzene rings is 4. The van der Waals surface area contributed by atoms with Gasteiger partial charge in [0.25, 0.3) is 0 Å². The van der Waals surface area contributed by atoms with Gasteiger partial charge in [-0.2, -0.15) is 0 Å². The molecular formula is C34H24. The van der Waals surface area contributed by atoms with Crippen LogP contribution in [0.4, 0.5) is 0 Å². The Bertz CT molecular complexity index is 1700. The van der Waals surface area contributed by atoms with Crippen LogP contribution in [0.2, 0.25) is 0 Å². The van der Waals surface area contributed by atoms with E-state index < -0.39 is 0 Å².